The van der Waals surface area contributed by atoms with Crippen molar-refractivity contribution in [3.8, 4) is 0 Å². The van der Waals surface area contributed by atoms with E-state index < -0.39 is 0 Å². The molecule has 0 aliphatic rings. The maximum Gasteiger partial charge on any atom is 0.271 e. The number of nitrogens with zero attached hydrogens (tertiary/aromatic N) is 3. The zero-order valence-electron chi connectivity index (χ0n) is 17.4. The fourth-order valence-corrected chi connectivity index (χ4v) is 5.12. The molecule has 0 N–H and O–H groups in total. The molecular formula is C24H23N3O2S2. The Hall–Kier alpha value is -2.90. The van der Waals surface area contributed by atoms with Gasteiger partial charge in [-0.3, -0.25) is 14.2 Å². The van der Waals surface area contributed by atoms with Crippen molar-refractivity contribution in [2.75, 3.05) is 0 Å². The number of carbonyl (C=O) groups excluding carboxylic acids is 1. The standard InChI is InChI=1S/C24H23N3O2S2/c1-17(31-24-25-20-13-14-30-21(20)23(29)26(24)2)22(28)27(15-18-9-5-3-6-10-18)16-19-11-7-4-8-12-19/h3-14,17H,15-16H2,1-2H3. The van der Waals surface area contributed by atoms with E-state index in [1.54, 1.807) is 7.05 Å². The highest BCUT2D eigenvalue weighted by Crippen LogP contribution is 2.25. The molecule has 1 atom stereocenters. The first-order valence-electron chi connectivity index (χ1n) is 10.0. The molecule has 31 heavy (non-hydrogen) atoms. The van der Waals surface area contributed by atoms with Crippen LogP contribution in [0.1, 0.15) is 18.1 Å². The van der Waals surface area contributed by atoms with Gasteiger partial charge in [0.05, 0.1) is 10.8 Å². The third-order valence-corrected chi connectivity index (χ3v) is 7.04. The van der Waals surface area contributed by atoms with Crippen molar-refractivity contribution in [3.63, 3.8) is 0 Å². The molecule has 0 saturated heterocycles. The Morgan fingerprint density at radius 1 is 1.03 bits per heavy atom. The molecular weight excluding hydrogens is 426 g/mol. The largest absolute Gasteiger partial charge is 0.333 e. The number of rotatable bonds is 7. The number of thioether (sulfide) groups is 1. The van der Waals surface area contributed by atoms with E-state index in [0.29, 0.717) is 28.5 Å². The van der Waals surface area contributed by atoms with Gasteiger partial charge in [-0.05, 0) is 29.5 Å². The van der Waals surface area contributed by atoms with Crippen LogP contribution in [0.2, 0.25) is 0 Å². The minimum atomic E-state index is -0.387. The molecule has 7 heteroatoms. The third-order valence-electron chi connectivity index (χ3n) is 5.02. The Morgan fingerprint density at radius 3 is 2.19 bits per heavy atom. The van der Waals surface area contributed by atoms with Crippen molar-refractivity contribution in [3.05, 3.63) is 93.6 Å². The van der Waals surface area contributed by atoms with Gasteiger partial charge in [-0.25, -0.2) is 4.98 Å². The summed E-state index contributed by atoms with van der Waals surface area (Å²) in [6.45, 7) is 2.92. The monoisotopic (exact) mass is 449 g/mol. The van der Waals surface area contributed by atoms with E-state index >= 15 is 0 Å². The summed E-state index contributed by atoms with van der Waals surface area (Å²) >= 11 is 2.71. The summed E-state index contributed by atoms with van der Waals surface area (Å²) in [5.74, 6) is 0.0115. The molecule has 0 radical (unpaired) electrons. The van der Waals surface area contributed by atoms with Crippen LogP contribution in [0.5, 0.6) is 0 Å². The van der Waals surface area contributed by atoms with Crippen LogP contribution in [0.25, 0.3) is 10.2 Å². The van der Waals surface area contributed by atoms with Crippen LogP contribution in [-0.4, -0.2) is 25.6 Å². The highest BCUT2D eigenvalue weighted by atomic mass is 32.2. The van der Waals surface area contributed by atoms with Gasteiger partial charge in [0.15, 0.2) is 5.16 Å². The first kappa shape index (κ1) is 21.3. The van der Waals surface area contributed by atoms with Crippen LogP contribution in [0.3, 0.4) is 0 Å². The molecule has 2 aromatic carbocycles. The van der Waals surface area contributed by atoms with E-state index in [0.717, 1.165) is 11.1 Å². The molecule has 0 aliphatic heterocycles. The summed E-state index contributed by atoms with van der Waals surface area (Å²) in [6, 6.07) is 21.8. The van der Waals surface area contributed by atoms with Gasteiger partial charge in [-0.1, -0.05) is 72.4 Å². The Labute approximate surface area is 189 Å². The Morgan fingerprint density at radius 2 is 1.61 bits per heavy atom. The third kappa shape index (κ3) is 4.89. The molecule has 0 fully saturated rings. The summed E-state index contributed by atoms with van der Waals surface area (Å²) in [4.78, 5) is 32.5. The summed E-state index contributed by atoms with van der Waals surface area (Å²) < 4.78 is 2.17. The lowest BCUT2D eigenvalue weighted by molar-refractivity contribution is -0.131. The molecule has 2 heterocycles. The van der Waals surface area contributed by atoms with E-state index in [1.807, 2.05) is 83.9 Å². The number of thiophene rings is 1. The fraction of sp³-hybridized carbons (Fsp3) is 0.208. The smallest absolute Gasteiger partial charge is 0.271 e. The van der Waals surface area contributed by atoms with E-state index in [-0.39, 0.29) is 16.7 Å². The van der Waals surface area contributed by atoms with E-state index in [2.05, 4.69) is 4.98 Å². The lowest BCUT2D eigenvalue weighted by atomic mass is 10.1. The fourth-order valence-electron chi connectivity index (χ4n) is 3.36. The van der Waals surface area contributed by atoms with Crippen LogP contribution >= 0.6 is 23.1 Å². The van der Waals surface area contributed by atoms with Gasteiger partial charge in [0.2, 0.25) is 5.91 Å². The van der Waals surface area contributed by atoms with Crippen LogP contribution in [0.15, 0.2) is 82.1 Å². The topological polar surface area (TPSA) is 55.2 Å². The van der Waals surface area contributed by atoms with Gasteiger partial charge in [-0.15, -0.1) is 11.3 Å². The quantitative estimate of drug-likeness (QED) is 0.303. The second kappa shape index (κ2) is 9.49. The molecule has 1 amide bonds. The lowest BCUT2D eigenvalue weighted by Gasteiger charge is -2.26. The summed E-state index contributed by atoms with van der Waals surface area (Å²) in [7, 11) is 1.71. The number of hydrogen-bond donors (Lipinski definition) is 0. The van der Waals surface area contributed by atoms with E-state index in [4.69, 9.17) is 0 Å². The van der Waals surface area contributed by atoms with Crippen LogP contribution in [0, 0.1) is 0 Å². The second-order valence-corrected chi connectivity index (χ2v) is 9.54. The zero-order valence-corrected chi connectivity index (χ0v) is 19.0. The molecule has 0 aliphatic carbocycles. The number of hydrogen-bond acceptors (Lipinski definition) is 5. The predicted octanol–water partition coefficient (Wildman–Crippen LogP) is 4.70. The Bertz CT molecular complexity index is 1190. The van der Waals surface area contributed by atoms with Crippen LogP contribution in [0.4, 0.5) is 0 Å². The van der Waals surface area contributed by atoms with Gasteiger partial charge < -0.3 is 4.90 Å². The van der Waals surface area contributed by atoms with Crippen molar-refractivity contribution in [2.24, 2.45) is 7.05 Å². The van der Waals surface area contributed by atoms with Crippen molar-refractivity contribution >= 4 is 39.2 Å². The summed E-state index contributed by atoms with van der Waals surface area (Å²) in [6.07, 6.45) is 0. The zero-order chi connectivity index (χ0) is 21.8. The number of benzene rings is 2. The summed E-state index contributed by atoms with van der Waals surface area (Å²) in [5, 5.41) is 2.03. The van der Waals surface area contributed by atoms with Crippen LogP contribution in [-0.2, 0) is 24.9 Å². The molecule has 4 rings (SSSR count). The van der Waals surface area contributed by atoms with E-state index in [1.165, 1.54) is 27.7 Å². The molecule has 2 aromatic heterocycles. The minimum Gasteiger partial charge on any atom is -0.333 e. The maximum atomic E-state index is 13.5. The Kier molecular flexibility index (Phi) is 6.53. The van der Waals surface area contributed by atoms with Gasteiger partial charge in [0.1, 0.15) is 4.70 Å². The van der Waals surface area contributed by atoms with E-state index in [9.17, 15) is 9.59 Å². The first-order valence-corrected chi connectivity index (χ1v) is 11.8. The lowest BCUT2D eigenvalue weighted by Crippen LogP contribution is -2.36. The minimum absolute atomic E-state index is 0.0115. The SMILES string of the molecule is CC(Sc1nc2ccsc2c(=O)n1C)C(=O)N(Cc1ccccc1)Cc1ccccc1. The molecule has 0 spiro atoms. The molecule has 4 aromatic rings. The van der Waals surface area contributed by atoms with Gasteiger partial charge in [0.25, 0.3) is 5.56 Å². The van der Waals surface area contributed by atoms with Gasteiger partial charge in [0, 0.05) is 20.1 Å². The number of amides is 1. The highest BCUT2D eigenvalue weighted by Gasteiger charge is 2.24. The van der Waals surface area contributed by atoms with Gasteiger partial charge in [-0.2, -0.15) is 0 Å². The van der Waals surface area contributed by atoms with Crippen molar-refractivity contribution < 1.29 is 4.79 Å². The van der Waals surface area contributed by atoms with Gasteiger partial charge >= 0.3 is 0 Å². The predicted molar refractivity (Wildman–Crippen MR) is 127 cm³/mol. The molecule has 5 nitrogen and oxygen atoms in total. The number of aromatic nitrogens is 2. The highest BCUT2D eigenvalue weighted by molar-refractivity contribution is 8.00. The average molecular weight is 450 g/mol. The number of carbonyl (C=O) groups is 1. The first-order chi connectivity index (χ1) is 15.0. The molecule has 158 valence electrons. The van der Waals surface area contributed by atoms with Crippen molar-refractivity contribution in [1.29, 1.82) is 0 Å². The molecule has 1 unspecified atom stereocenters. The second-order valence-electron chi connectivity index (χ2n) is 7.32. The average Bonchev–Trinajstić information content (AvgIpc) is 3.26. The number of fused-ring (bicyclic) bond motifs is 1. The normalized spacial score (nSPS) is 12.1. The molecule has 0 bridgehead atoms. The maximum absolute atomic E-state index is 13.5. The summed E-state index contributed by atoms with van der Waals surface area (Å²) in [5.41, 5.74) is 2.76. The van der Waals surface area contributed by atoms with Crippen molar-refractivity contribution in [1.82, 2.24) is 14.5 Å². The Balaban J connectivity index is 1.58. The van der Waals surface area contributed by atoms with Crippen LogP contribution < -0.4 is 5.56 Å². The molecule has 0 saturated carbocycles. The van der Waals surface area contributed by atoms with Crippen molar-refractivity contribution in [2.45, 2.75) is 30.4 Å².